The normalized spacial score (nSPS) is 12.4. The molecule has 0 spiro atoms. The molecule has 0 rings (SSSR count). The van der Waals surface area contributed by atoms with E-state index in [1.54, 1.807) is 0 Å². The summed E-state index contributed by atoms with van der Waals surface area (Å²) in [6.45, 7) is 10.4. The first kappa shape index (κ1) is 19.5. The van der Waals surface area contributed by atoms with Crippen LogP contribution >= 0.6 is 0 Å². The van der Waals surface area contributed by atoms with E-state index in [1.807, 2.05) is 4.90 Å². The summed E-state index contributed by atoms with van der Waals surface area (Å²) in [4.78, 5) is 14.6. The van der Waals surface area contributed by atoms with Gasteiger partial charge in [0.1, 0.15) is 0 Å². The zero-order chi connectivity index (χ0) is 15.2. The molecule has 0 bridgehead atoms. The van der Waals surface area contributed by atoms with Gasteiger partial charge < -0.3 is 4.90 Å². The number of amides is 1. The van der Waals surface area contributed by atoms with E-state index in [-0.39, 0.29) is 5.92 Å². The van der Waals surface area contributed by atoms with Gasteiger partial charge in [0.25, 0.3) is 0 Å². The van der Waals surface area contributed by atoms with Crippen molar-refractivity contribution < 1.29 is 4.79 Å². The second-order valence-electron chi connectivity index (χ2n) is 5.91. The summed E-state index contributed by atoms with van der Waals surface area (Å²) in [6.07, 6.45) is 12.4. The molecule has 0 aliphatic heterocycles. The summed E-state index contributed by atoms with van der Waals surface area (Å²) in [5.41, 5.74) is 0. The molecule has 120 valence electrons. The molecule has 0 aromatic carbocycles. The predicted octanol–water partition coefficient (Wildman–Crippen LogP) is 5.41. The van der Waals surface area contributed by atoms with Gasteiger partial charge in [0.15, 0.2) is 0 Å². The molecule has 0 saturated carbocycles. The van der Waals surface area contributed by atoms with E-state index >= 15 is 0 Å². The molecule has 0 aliphatic rings. The summed E-state index contributed by atoms with van der Waals surface area (Å²) in [6, 6.07) is 0. The van der Waals surface area contributed by atoms with E-state index in [0.717, 1.165) is 25.9 Å². The number of hydrogen-bond acceptors (Lipinski definition) is 1. The van der Waals surface area contributed by atoms with E-state index in [4.69, 9.17) is 0 Å². The third-order valence-electron chi connectivity index (χ3n) is 4.24. The van der Waals surface area contributed by atoms with Crippen LogP contribution in [0.1, 0.15) is 91.9 Å². The number of nitrogens with zero attached hydrogens (tertiary/aromatic N) is 1. The Labute approximate surface area is 127 Å². The third kappa shape index (κ3) is 8.60. The van der Waals surface area contributed by atoms with Crippen molar-refractivity contribution in [3.63, 3.8) is 0 Å². The maximum atomic E-state index is 12.5. The first-order chi connectivity index (χ1) is 9.71. The standard InChI is InChI=1S/C18H37NO/c1-5-9-11-12-14-16-17(15-13-10-6-2)18(20)19(7-3)8-4/h17H,5-16H2,1-4H3. The molecule has 1 amide bonds. The summed E-state index contributed by atoms with van der Waals surface area (Å²) in [7, 11) is 0. The lowest BCUT2D eigenvalue weighted by atomic mass is 9.93. The second-order valence-corrected chi connectivity index (χ2v) is 5.91. The number of hydrogen-bond donors (Lipinski definition) is 0. The van der Waals surface area contributed by atoms with Gasteiger partial charge in [0.05, 0.1) is 0 Å². The Kier molecular flexibility index (Phi) is 13.1. The van der Waals surface area contributed by atoms with Crippen LogP contribution in [-0.4, -0.2) is 23.9 Å². The van der Waals surface area contributed by atoms with Crippen molar-refractivity contribution in [2.45, 2.75) is 91.9 Å². The van der Waals surface area contributed by atoms with Crippen molar-refractivity contribution in [2.24, 2.45) is 5.92 Å². The van der Waals surface area contributed by atoms with Crippen molar-refractivity contribution in [1.29, 1.82) is 0 Å². The fourth-order valence-corrected chi connectivity index (χ4v) is 2.82. The van der Waals surface area contributed by atoms with Crippen LogP contribution in [0.25, 0.3) is 0 Å². The van der Waals surface area contributed by atoms with Gasteiger partial charge in [-0.15, -0.1) is 0 Å². The Hall–Kier alpha value is -0.530. The lowest BCUT2D eigenvalue weighted by Crippen LogP contribution is -2.36. The first-order valence-electron chi connectivity index (χ1n) is 8.99. The Morgan fingerprint density at radius 1 is 0.750 bits per heavy atom. The zero-order valence-electron chi connectivity index (χ0n) is 14.4. The number of carbonyl (C=O) groups excluding carboxylic acids is 1. The van der Waals surface area contributed by atoms with Crippen LogP contribution in [-0.2, 0) is 4.79 Å². The van der Waals surface area contributed by atoms with E-state index in [2.05, 4.69) is 27.7 Å². The predicted molar refractivity (Wildman–Crippen MR) is 88.9 cm³/mol. The highest BCUT2D eigenvalue weighted by molar-refractivity contribution is 5.78. The molecule has 0 heterocycles. The van der Waals surface area contributed by atoms with Gasteiger partial charge in [-0.25, -0.2) is 0 Å². The van der Waals surface area contributed by atoms with Crippen molar-refractivity contribution in [3.05, 3.63) is 0 Å². The molecular weight excluding hydrogens is 246 g/mol. The van der Waals surface area contributed by atoms with Gasteiger partial charge in [-0.3, -0.25) is 4.79 Å². The van der Waals surface area contributed by atoms with Crippen molar-refractivity contribution in [2.75, 3.05) is 13.1 Å². The summed E-state index contributed by atoms with van der Waals surface area (Å²) < 4.78 is 0. The minimum Gasteiger partial charge on any atom is -0.343 e. The highest BCUT2D eigenvalue weighted by Crippen LogP contribution is 2.20. The minimum absolute atomic E-state index is 0.281. The van der Waals surface area contributed by atoms with E-state index in [9.17, 15) is 4.79 Å². The van der Waals surface area contributed by atoms with Crippen LogP contribution < -0.4 is 0 Å². The zero-order valence-corrected chi connectivity index (χ0v) is 14.4. The Bertz CT molecular complexity index is 223. The van der Waals surface area contributed by atoms with Crippen molar-refractivity contribution in [3.8, 4) is 0 Å². The van der Waals surface area contributed by atoms with Gasteiger partial charge in [-0.05, 0) is 26.7 Å². The quantitative estimate of drug-likeness (QED) is 0.414. The molecule has 2 heteroatoms. The molecule has 0 aromatic heterocycles. The Balaban J connectivity index is 4.21. The number of unbranched alkanes of at least 4 members (excludes halogenated alkanes) is 6. The smallest absolute Gasteiger partial charge is 0.225 e. The minimum atomic E-state index is 0.281. The fraction of sp³-hybridized carbons (Fsp3) is 0.944. The number of rotatable bonds is 13. The van der Waals surface area contributed by atoms with E-state index in [1.165, 1.54) is 51.4 Å². The Morgan fingerprint density at radius 2 is 1.20 bits per heavy atom. The van der Waals surface area contributed by atoms with Crippen LogP contribution in [0.4, 0.5) is 0 Å². The van der Waals surface area contributed by atoms with Crippen molar-refractivity contribution in [1.82, 2.24) is 4.90 Å². The maximum Gasteiger partial charge on any atom is 0.225 e. The molecule has 0 saturated heterocycles. The molecule has 0 aromatic rings. The van der Waals surface area contributed by atoms with Crippen LogP contribution in [0.2, 0.25) is 0 Å². The van der Waals surface area contributed by atoms with Crippen LogP contribution in [0.5, 0.6) is 0 Å². The summed E-state index contributed by atoms with van der Waals surface area (Å²) in [5, 5.41) is 0. The van der Waals surface area contributed by atoms with Gasteiger partial charge in [0, 0.05) is 19.0 Å². The van der Waals surface area contributed by atoms with Crippen LogP contribution in [0.15, 0.2) is 0 Å². The van der Waals surface area contributed by atoms with E-state index in [0.29, 0.717) is 5.91 Å². The highest BCUT2D eigenvalue weighted by Gasteiger charge is 2.21. The molecular formula is C18H37NO. The van der Waals surface area contributed by atoms with Crippen LogP contribution in [0, 0.1) is 5.92 Å². The average molecular weight is 284 g/mol. The van der Waals surface area contributed by atoms with Gasteiger partial charge in [-0.2, -0.15) is 0 Å². The third-order valence-corrected chi connectivity index (χ3v) is 4.24. The molecule has 0 fully saturated rings. The molecule has 0 radical (unpaired) electrons. The second kappa shape index (κ2) is 13.5. The van der Waals surface area contributed by atoms with Crippen LogP contribution in [0.3, 0.4) is 0 Å². The molecule has 20 heavy (non-hydrogen) atoms. The Morgan fingerprint density at radius 3 is 1.70 bits per heavy atom. The topological polar surface area (TPSA) is 20.3 Å². The SMILES string of the molecule is CCCCCCCC(CCCCC)C(=O)N(CC)CC. The lowest BCUT2D eigenvalue weighted by molar-refractivity contribution is -0.135. The highest BCUT2D eigenvalue weighted by atomic mass is 16.2. The summed E-state index contributed by atoms with van der Waals surface area (Å²) >= 11 is 0. The van der Waals surface area contributed by atoms with Gasteiger partial charge in [0.2, 0.25) is 5.91 Å². The molecule has 2 nitrogen and oxygen atoms in total. The molecule has 1 atom stereocenters. The largest absolute Gasteiger partial charge is 0.343 e. The monoisotopic (exact) mass is 283 g/mol. The molecule has 1 unspecified atom stereocenters. The molecule has 0 N–H and O–H groups in total. The van der Waals surface area contributed by atoms with Gasteiger partial charge >= 0.3 is 0 Å². The average Bonchev–Trinajstić information content (AvgIpc) is 2.46. The first-order valence-corrected chi connectivity index (χ1v) is 8.99. The molecule has 0 aliphatic carbocycles. The summed E-state index contributed by atoms with van der Waals surface area (Å²) in [5.74, 6) is 0.685. The maximum absolute atomic E-state index is 12.5. The van der Waals surface area contributed by atoms with Gasteiger partial charge in [-0.1, -0.05) is 65.2 Å². The number of carbonyl (C=O) groups is 1. The fourth-order valence-electron chi connectivity index (χ4n) is 2.82. The lowest BCUT2D eigenvalue weighted by Gasteiger charge is -2.25. The van der Waals surface area contributed by atoms with Crippen molar-refractivity contribution >= 4 is 5.91 Å². The van der Waals surface area contributed by atoms with E-state index < -0.39 is 0 Å².